The van der Waals surface area contributed by atoms with Gasteiger partial charge in [-0.25, -0.2) is 4.68 Å². The van der Waals surface area contributed by atoms with Crippen LogP contribution in [0.2, 0.25) is 0 Å². The number of halogens is 1. The Morgan fingerprint density at radius 3 is 2.86 bits per heavy atom. The van der Waals surface area contributed by atoms with Crippen LogP contribution in [0, 0.1) is 11.8 Å². The molecule has 1 unspecified atom stereocenters. The fourth-order valence-electron chi connectivity index (χ4n) is 5.97. The number of likely N-dealkylation sites (tertiary alicyclic amines) is 1. The maximum absolute atomic E-state index is 13.8. The lowest BCUT2D eigenvalue weighted by atomic mass is 9.70. The summed E-state index contributed by atoms with van der Waals surface area (Å²) in [6.45, 7) is 3.45. The van der Waals surface area contributed by atoms with Crippen LogP contribution in [0.15, 0.2) is 24.3 Å². The van der Waals surface area contributed by atoms with Crippen molar-refractivity contribution >= 4 is 44.7 Å². The van der Waals surface area contributed by atoms with Crippen LogP contribution >= 0.6 is 15.9 Å². The number of benzene rings is 1. The maximum Gasteiger partial charge on any atom is 0.312 e. The molecule has 4 heterocycles. The third-order valence-electron chi connectivity index (χ3n) is 7.43. The number of aliphatic hydroxyl groups excluding tert-OH is 1. The van der Waals surface area contributed by atoms with Crippen LogP contribution in [0.25, 0.3) is 11.0 Å². The Balaban J connectivity index is 1.49. The predicted octanol–water partition coefficient (Wildman–Crippen LogP) is 0.587. The fourth-order valence-corrected chi connectivity index (χ4v) is 6.91. The number of nitrogens with one attached hydrogen (secondary N) is 1. The number of alkyl halides is 1. The number of rotatable bonds is 8. The molecule has 5 rings (SSSR count). The molecule has 2 aromatic rings. The Bertz CT molecular complexity index is 1150. The van der Waals surface area contributed by atoms with E-state index in [-0.39, 0.29) is 30.6 Å². The minimum absolute atomic E-state index is 0.0387. The van der Waals surface area contributed by atoms with Gasteiger partial charge in [0, 0.05) is 4.83 Å². The lowest BCUT2D eigenvalue weighted by Crippen LogP contribution is -2.58. The summed E-state index contributed by atoms with van der Waals surface area (Å²) in [7, 11) is 0. The standard InChI is InChI=1S/C23H28BrN5O6/c1-3-12(10-30)29-19(20(31)25-11-28-15-8-6-5-7-14(15)26-27-28)23-9-13(24)18(35-23)16(17(23)21(29)32)22(33)34-4-2/h5-8,12-13,16-19,30H,3-4,9-11H2,1-2H3,(H,25,31)/t12-,13?,16+,17-,18+,19+,23-/m0/s1. The molecule has 35 heavy (non-hydrogen) atoms. The minimum Gasteiger partial charge on any atom is -0.466 e. The van der Waals surface area contributed by atoms with E-state index in [9.17, 15) is 19.5 Å². The van der Waals surface area contributed by atoms with Crippen molar-refractivity contribution in [3.05, 3.63) is 24.3 Å². The van der Waals surface area contributed by atoms with E-state index in [0.717, 1.165) is 5.52 Å². The van der Waals surface area contributed by atoms with E-state index in [1.54, 1.807) is 11.6 Å². The van der Waals surface area contributed by atoms with Gasteiger partial charge in [-0.15, -0.1) is 5.10 Å². The van der Waals surface area contributed by atoms with Gasteiger partial charge in [0.25, 0.3) is 0 Å². The molecular formula is C23H28BrN5O6. The monoisotopic (exact) mass is 549 g/mol. The third kappa shape index (κ3) is 3.56. The summed E-state index contributed by atoms with van der Waals surface area (Å²) in [5, 5.41) is 21.1. The quantitative estimate of drug-likeness (QED) is 0.360. The molecule has 3 aliphatic heterocycles. The van der Waals surface area contributed by atoms with Crippen LogP contribution in [-0.2, 0) is 30.5 Å². The summed E-state index contributed by atoms with van der Waals surface area (Å²) in [5.41, 5.74) is 0.247. The average molecular weight is 550 g/mol. The zero-order valence-electron chi connectivity index (χ0n) is 19.5. The Kier molecular flexibility index (Phi) is 6.30. The Labute approximate surface area is 210 Å². The second kappa shape index (κ2) is 9.14. The molecule has 12 heteroatoms. The topological polar surface area (TPSA) is 136 Å². The number of aromatic nitrogens is 3. The molecule has 11 nitrogen and oxygen atoms in total. The van der Waals surface area contributed by atoms with Crippen LogP contribution in [0.4, 0.5) is 0 Å². The van der Waals surface area contributed by atoms with E-state index in [0.29, 0.717) is 18.4 Å². The van der Waals surface area contributed by atoms with Gasteiger partial charge in [0.2, 0.25) is 11.8 Å². The smallest absolute Gasteiger partial charge is 0.312 e. The molecule has 7 atom stereocenters. The Morgan fingerprint density at radius 1 is 1.37 bits per heavy atom. The molecule has 0 saturated carbocycles. The molecule has 2 N–H and O–H groups in total. The van der Waals surface area contributed by atoms with Crippen molar-refractivity contribution in [3.63, 3.8) is 0 Å². The Morgan fingerprint density at radius 2 is 2.14 bits per heavy atom. The average Bonchev–Trinajstić information content (AvgIpc) is 3.56. The zero-order chi connectivity index (χ0) is 24.9. The SMILES string of the molecule is CCOC(=O)[C@H]1[C@@H]2O[C@@]3(CC2Br)[C@@H]1C(=O)N([C@@H](CC)CO)[C@@H]3C(=O)NCn1nnc2ccccc21. The zero-order valence-corrected chi connectivity index (χ0v) is 21.1. The van der Waals surface area contributed by atoms with Crippen molar-refractivity contribution in [1.29, 1.82) is 0 Å². The van der Waals surface area contributed by atoms with E-state index in [4.69, 9.17) is 9.47 Å². The molecule has 1 spiro atoms. The summed E-state index contributed by atoms with van der Waals surface area (Å²) in [4.78, 5) is 41.6. The van der Waals surface area contributed by atoms with Crippen LogP contribution in [-0.4, -0.2) is 84.6 Å². The number of nitrogens with zero attached hydrogens (tertiary/aromatic N) is 4. The van der Waals surface area contributed by atoms with Gasteiger partial charge in [-0.05, 0) is 31.9 Å². The van der Waals surface area contributed by atoms with Gasteiger partial charge in [-0.1, -0.05) is 40.2 Å². The number of aliphatic hydroxyl groups is 1. The number of esters is 1. The van der Waals surface area contributed by atoms with E-state index >= 15 is 0 Å². The van der Waals surface area contributed by atoms with E-state index in [2.05, 4.69) is 31.6 Å². The third-order valence-corrected chi connectivity index (χ3v) is 8.28. The van der Waals surface area contributed by atoms with Gasteiger partial charge < -0.3 is 24.8 Å². The van der Waals surface area contributed by atoms with Crippen LogP contribution < -0.4 is 5.32 Å². The number of hydrogen-bond acceptors (Lipinski definition) is 8. The highest BCUT2D eigenvalue weighted by Crippen LogP contribution is 2.60. The number of carbonyl (C=O) groups is 3. The van der Waals surface area contributed by atoms with Crippen LogP contribution in [0.5, 0.6) is 0 Å². The van der Waals surface area contributed by atoms with Crippen molar-refractivity contribution in [3.8, 4) is 0 Å². The first-order valence-corrected chi connectivity index (χ1v) is 12.8. The highest BCUT2D eigenvalue weighted by atomic mass is 79.9. The fraction of sp³-hybridized carbons (Fsp3) is 0.609. The summed E-state index contributed by atoms with van der Waals surface area (Å²) in [5.74, 6) is -2.98. The lowest BCUT2D eigenvalue weighted by Gasteiger charge is -2.36. The van der Waals surface area contributed by atoms with Crippen molar-refractivity contribution in [2.45, 2.75) is 62.0 Å². The molecule has 2 amide bonds. The van der Waals surface area contributed by atoms with Gasteiger partial charge >= 0.3 is 5.97 Å². The van der Waals surface area contributed by atoms with E-state index in [1.165, 1.54) is 4.90 Å². The predicted molar refractivity (Wildman–Crippen MR) is 126 cm³/mol. The number of ether oxygens (including phenoxy) is 2. The molecule has 2 bridgehead atoms. The van der Waals surface area contributed by atoms with Gasteiger partial charge in [0.05, 0.1) is 42.7 Å². The molecule has 0 radical (unpaired) electrons. The minimum atomic E-state index is -1.20. The first kappa shape index (κ1) is 24.1. The second-order valence-electron chi connectivity index (χ2n) is 9.18. The summed E-state index contributed by atoms with van der Waals surface area (Å²) < 4.78 is 13.2. The molecule has 188 valence electrons. The van der Waals surface area contributed by atoms with Crippen molar-refractivity contribution in [1.82, 2.24) is 25.2 Å². The van der Waals surface area contributed by atoms with Gasteiger partial charge in [-0.3, -0.25) is 14.4 Å². The Hall–Kier alpha value is -2.57. The molecule has 0 aliphatic carbocycles. The highest BCUT2D eigenvalue weighted by molar-refractivity contribution is 9.09. The number of amides is 2. The van der Waals surface area contributed by atoms with Crippen molar-refractivity contribution < 1.29 is 29.0 Å². The molecule has 3 aliphatic rings. The number of hydrogen-bond donors (Lipinski definition) is 2. The molecule has 3 saturated heterocycles. The van der Waals surface area contributed by atoms with Gasteiger partial charge in [0.1, 0.15) is 23.8 Å². The molecule has 1 aromatic heterocycles. The van der Waals surface area contributed by atoms with Gasteiger partial charge in [0.15, 0.2) is 0 Å². The first-order valence-electron chi connectivity index (χ1n) is 11.8. The van der Waals surface area contributed by atoms with Gasteiger partial charge in [-0.2, -0.15) is 0 Å². The normalized spacial score (nSPS) is 32.2. The summed E-state index contributed by atoms with van der Waals surface area (Å²) in [6.07, 6.45) is 0.245. The number of carbonyl (C=O) groups excluding carboxylic acids is 3. The van der Waals surface area contributed by atoms with Crippen LogP contribution in [0.1, 0.15) is 26.7 Å². The lowest BCUT2D eigenvalue weighted by molar-refractivity contribution is -0.155. The maximum atomic E-state index is 13.8. The summed E-state index contributed by atoms with van der Waals surface area (Å²) >= 11 is 3.61. The highest BCUT2D eigenvalue weighted by Gasteiger charge is 2.77. The molecular weight excluding hydrogens is 522 g/mol. The molecule has 1 aromatic carbocycles. The molecule has 3 fully saturated rings. The summed E-state index contributed by atoms with van der Waals surface area (Å²) in [6, 6.07) is 5.77. The largest absolute Gasteiger partial charge is 0.466 e. The first-order chi connectivity index (χ1) is 16.9. The van der Waals surface area contributed by atoms with E-state index < -0.39 is 47.5 Å². The number of para-hydroxylation sites is 1. The second-order valence-corrected chi connectivity index (χ2v) is 10.4. The van der Waals surface area contributed by atoms with E-state index in [1.807, 2.05) is 31.2 Å². The number of fused-ring (bicyclic) bond motifs is 2. The van der Waals surface area contributed by atoms with Crippen LogP contribution in [0.3, 0.4) is 0 Å². The van der Waals surface area contributed by atoms with Crippen molar-refractivity contribution in [2.24, 2.45) is 11.8 Å². The van der Waals surface area contributed by atoms with Crippen molar-refractivity contribution in [2.75, 3.05) is 13.2 Å².